The van der Waals surface area contributed by atoms with Gasteiger partial charge in [0, 0.05) is 19.7 Å². The van der Waals surface area contributed by atoms with E-state index in [1.807, 2.05) is 0 Å². The number of carbonyl (C=O) groups excluding carboxylic acids is 1. The Hall–Kier alpha value is -1.14. The van der Waals surface area contributed by atoms with Crippen LogP contribution in [-0.4, -0.2) is 23.6 Å². The Kier molecular flexibility index (Phi) is 4.76. The van der Waals surface area contributed by atoms with E-state index in [0.717, 1.165) is 25.9 Å². The van der Waals surface area contributed by atoms with Gasteiger partial charge in [0.2, 0.25) is 5.91 Å². The van der Waals surface area contributed by atoms with Gasteiger partial charge in [0.05, 0.1) is 10.2 Å². The molecule has 0 bridgehead atoms. The number of aryl methyl sites for hydroxylation is 1. The normalized spacial score (nSPS) is 18.5. The maximum absolute atomic E-state index is 11.8. The summed E-state index contributed by atoms with van der Waals surface area (Å²) in [7, 11) is 1.66. The van der Waals surface area contributed by atoms with Gasteiger partial charge >= 0.3 is 0 Å². The second kappa shape index (κ2) is 6.34. The summed E-state index contributed by atoms with van der Waals surface area (Å²) in [6, 6.07) is 1.64. The summed E-state index contributed by atoms with van der Waals surface area (Å²) < 4.78 is 1.90. The molecule has 1 amide bonds. The molecule has 1 aliphatic rings. The van der Waals surface area contributed by atoms with Crippen LogP contribution in [0, 0.1) is 5.92 Å². The number of nitrogens with one attached hydrogen (secondary N) is 2. The molecule has 1 atom stereocenters. The van der Waals surface area contributed by atoms with Crippen molar-refractivity contribution in [2.24, 2.45) is 13.0 Å². The fourth-order valence-electron chi connectivity index (χ4n) is 2.26. The fourth-order valence-corrected chi connectivity index (χ4v) is 2.79. The second-order valence-electron chi connectivity index (χ2n) is 4.94. The van der Waals surface area contributed by atoms with E-state index < -0.39 is 0 Å². The Morgan fingerprint density at radius 1 is 1.63 bits per heavy atom. The van der Waals surface area contributed by atoms with Crippen LogP contribution in [0.25, 0.3) is 0 Å². The van der Waals surface area contributed by atoms with E-state index in [9.17, 15) is 9.59 Å². The third kappa shape index (κ3) is 3.91. The molecule has 0 saturated carbocycles. The number of aromatic nitrogens is 1. The van der Waals surface area contributed by atoms with Crippen LogP contribution in [0.1, 0.15) is 19.3 Å². The molecular weight excluding hydrogens is 310 g/mol. The van der Waals surface area contributed by atoms with E-state index >= 15 is 0 Å². The quantitative estimate of drug-likeness (QED) is 0.880. The second-order valence-corrected chi connectivity index (χ2v) is 5.79. The fraction of sp³-hybridized carbons (Fsp3) is 0.538. The molecule has 0 radical (unpaired) electrons. The van der Waals surface area contributed by atoms with E-state index in [0.29, 0.717) is 22.5 Å². The topological polar surface area (TPSA) is 63.1 Å². The third-order valence-corrected chi connectivity index (χ3v) is 3.93. The molecule has 1 unspecified atom stereocenters. The van der Waals surface area contributed by atoms with Gasteiger partial charge in [-0.05, 0) is 53.8 Å². The molecule has 1 fully saturated rings. The molecule has 2 rings (SSSR count). The Morgan fingerprint density at radius 3 is 3.05 bits per heavy atom. The Bertz CT molecular complexity index is 495. The largest absolute Gasteiger partial charge is 0.325 e. The average molecular weight is 328 g/mol. The average Bonchev–Trinajstić information content (AvgIpc) is 2.86. The molecule has 2 heterocycles. The predicted molar refractivity (Wildman–Crippen MR) is 78.2 cm³/mol. The molecule has 1 aromatic heterocycles. The summed E-state index contributed by atoms with van der Waals surface area (Å²) >= 11 is 3.19. The first-order valence-electron chi connectivity index (χ1n) is 6.43. The Morgan fingerprint density at radius 2 is 2.42 bits per heavy atom. The van der Waals surface area contributed by atoms with Crippen molar-refractivity contribution >= 4 is 27.5 Å². The number of pyridine rings is 1. The van der Waals surface area contributed by atoms with Gasteiger partial charge in [-0.25, -0.2) is 0 Å². The number of hydrogen-bond acceptors (Lipinski definition) is 3. The summed E-state index contributed by atoms with van der Waals surface area (Å²) in [5.41, 5.74) is 0.526. The van der Waals surface area contributed by atoms with Crippen LogP contribution in [0.2, 0.25) is 0 Å². The van der Waals surface area contributed by atoms with E-state index in [4.69, 9.17) is 0 Å². The highest BCUT2D eigenvalue weighted by Gasteiger charge is 2.15. The van der Waals surface area contributed by atoms with Crippen molar-refractivity contribution < 1.29 is 4.79 Å². The minimum Gasteiger partial charge on any atom is -0.325 e. The van der Waals surface area contributed by atoms with Gasteiger partial charge in [-0.2, -0.15) is 0 Å². The van der Waals surface area contributed by atoms with Crippen molar-refractivity contribution in [3.63, 3.8) is 0 Å². The van der Waals surface area contributed by atoms with Crippen molar-refractivity contribution in [3.05, 3.63) is 27.1 Å². The van der Waals surface area contributed by atoms with Crippen molar-refractivity contribution in [3.8, 4) is 0 Å². The van der Waals surface area contributed by atoms with Crippen molar-refractivity contribution in [1.82, 2.24) is 9.88 Å². The number of nitrogens with zero attached hydrogens (tertiary/aromatic N) is 1. The smallest absolute Gasteiger partial charge is 0.264 e. The molecule has 2 N–H and O–H groups in total. The predicted octanol–water partition coefficient (Wildman–Crippen LogP) is 1.48. The molecule has 19 heavy (non-hydrogen) atoms. The number of carbonyl (C=O) groups is 1. The summed E-state index contributed by atoms with van der Waals surface area (Å²) in [6.07, 6.45) is 4.21. The van der Waals surface area contributed by atoms with Gasteiger partial charge in [-0.15, -0.1) is 0 Å². The standard InChI is InChI=1S/C13H18BrN3O2/c1-17-8-10(6-11(14)13(17)19)16-12(18)3-2-9-4-5-15-7-9/h6,8-9,15H,2-5,7H2,1H3,(H,16,18). The lowest BCUT2D eigenvalue weighted by Crippen LogP contribution is -2.20. The van der Waals surface area contributed by atoms with E-state index in [2.05, 4.69) is 26.6 Å². The lowest BCUT2D eigenvalue weighted by atomic mass is 10.0. The number of rotatable bonds is 4. The Balaban J connectivity index is 1.89. The first-order chi connectivity index (χ1) is 9.06. The van der Waals surface area contributed by atoms with E-state index in [1.54, 1.807) is 19.3 Å². The molecule has 1 aromatic rings. The zero-order valence-corrected chi connectivity index (χ0v) is 12.5. The highest BCUT2D eigenvalue weighted by molar-refractivity contribution is 9.10. The maximum atomic E-state index is 11.8. The molecule has 0 aliphatic carbocycles. The van der Waals surface area contributed by atoms with Crippen molar-refractivity contribution in [2.75, 3.05) is 18.4 Å². The lowest BCUT2D eigenvalue weighted by Gasteiger charge is -2.10. The molecule has 6 heteroatoms. The molecule has 1 aliphatic heterocycles. The number of hydrogen-bond donors (Lipinski definition) is 2. The number of halogens is 1. The highest BCUT2D eigenvalue weighted by Crippen LogP contribution is 2.16. The summed E-state index contributed by atoms with van der Waals surface area (Å²) in [6.45, 7) is 2.07. The van der Waals surface area contributed by atoms with E-state index in [1.165, 1.54) is 4.57 Å². The van der Waals surface area contributed by atoms with Gasteiger partial charge in [0.15, 0.2) is 0 Å². The first kappa shape index (κ1) is 14.3. The number of anilines is 1. The molecule has 1 saturated heterocycles. The third-order valence-electron chi connectivity index (χ3n) is 3.37. The lowest BCUT2D eigenvalue weighted by molar-refractivity contribution is -0.116. The van der Waals surface area contributed by atoms with Crippen LogP contribution in [0.15, 0.2) is 21.5 Å². The zero-order chi connectivity index (χ0) is 13.8. The van der Waals surface area contributed by atoms with Gasteiger partial charge in [-0.3, -0.25) is 9.59 Å². The van der Waals surface area contributed by atoms with Crippen LogP contribution < -0.4 is 16.2 Å². The van der Waals surface area contributed by atoms with Crippen molar-refractivity contribution in [2.45, 2.75) is 19.3 Å². The van der Waals surface area contributed by atoms with Crippen LogP contribution in [0.5, 0.6) is 0 Å². The Labute approximate surface area is 120 Å². The van der Waals surface area contributed by atoms with Crippen LogP contribution in [0.4, 0.5) is 5.69 Å². The minimum atomic E-state index is -0.116. The molecule has 5 nitrogen and oxygen atoms in total. The van der Waals surface area contributed by atoms with Gasteiger partial charge in [0.1, 0.15) is 0 Å². The van der Waals surface area contributed by atoms with E-state index in [-0.39, 0.29) is 11.5 Å². The monoisotopic (exact) mass is 327 g/mol. The minimum absolute atomic E-state index is 0.00236. The molecule has 0 spiro atoms. The van der Waals surface area contributed by atoms with Crippen LogP contribution >= 0.6 is 15.9 Å². The van der Waals surface area contributed by atoms with Crippen LogP contribution in [0.3, 0.4) is 0 Å². The molecular formula is C13H18BrN3O2. The summed E-state index contributed by atoms with van der Waals surface area (Å²) in [5, 5.41) is 6.12. The zero-order valence-electron chi connectivity index (χ0n) is 10.9. The maximum Gasteiger partial charge on any atom is 0.264 e. The summed E-state index contributed by atoms with van der Waals surface area (Å²) in [5.74, 6) is 0.607. The van der Waals surface area contributed by atoms with Gasteiger partial charge in [-0.1, -0.05) is 0 Å². The van der Waals surface area contributed by atoms with Crippen LogP contribution in [-0.2, 0) is 11.8 Å². The van der Waals surface area contributed by atoms with Gasteiger partial charge < -0.3 is 15.2 Å². The summed E-state index contributed by atoms with van der Waals surface area (Å²) in [4.78, 5) is 23.3. The molecule has 104 valence electrons. The highest BCUT2D eigenvalue weighted by atomic mass is 79.9. The van der Waals surface area contributed by atoms with Crippen molar-refractivity contribution in [1.29, 1.82) is 0 Å². The first-order valence-corrected chi connectivity index (χ1v) is 7.22. The van der Waals surface area contributed by atoms with Gasteiger partial charge in [0.25, 0.3) is 5.56 Å². The number of amides is 1. The molecule has 0 aromatic carbocycles. The SMILES string of the molecule is Cn1cc(NC(=O)CCC2CCNC2)cc(Br)c1=O.